The van der Waals surface area contributed by atoms with Crippen LogP contribution in [0.25, 0.3) is 11.4 Å². The van der Waals surface area contributed by atoms with E-state index in [0.717, 1.165) is 12.8 Å². The van der Waals surface area contributed by atoms with Crippen LogP contribution in [0, 0.1) is 17.1 Å². The lowest BCUT2D eigenvalue weighted by Gasteiger charge is -2.27. The summed E-state index contributed by atoms with van der Waals surface area (Å²) in [7, 11) is 0. The summed E-state index contributed by atoms with van der Waals surface area (Å²) in [5.74, 6) is 0.719. The molecule has 4 rings (SSSR count). The van der Waals surface area contributed by atoms with Crippen molar-refractivity contribution in [1.82, 2.24) is 14.8 Å². The van der Waals surface area contributed by atoms with Gasteiger partial charge in [-0.25, -0.2) is 4.39 Å². The highest BCUT2D eigenvalue weighted by Crippen LogP contribution is 2.43. The predicted molar refractivity (Wildman–Crippen MR) is 109 cm³/mol. The molecule has 1 aromatic heterocycles. The number of rotatable bonds is 5. The summed E-state index contributed by atoms with van der Waals surface area (Å²) in [6.07, 6.45) is 1.97. The zero-order valence-electron chi connectivity index (χ0n) is 15.8. The van der Waals surface area contributed by atoms with Gasteiger partial charge in [0.15, 0.2) is 28.8 Å². The molecule has 0 saturated heterocycles. The minimum absolute atomic E-state index is 0.0858. The average Bonchev–Trinajstić information content (AvgIpc) is 3.41. The van der Waals surface area contributed by atoms with Crippen molar-refractivity contribution >= 4 is 23.2 Å². The summed E-state index contributed by atoms with van der Waals surface area (Å²) >= 11 is 12.2. The maximum atomic E-state index is 14.3. The molecule has 5 nitrogen and oxygen atoms in total. The number of aromatic nitrogens is 3. The van der Waals surface area contributed by atoms with Gasteiger partial charge in [0.2, 0.25) is 0 Å². The molecule has 2 aromatic carbocycles. The van der Waals surface area contributed by atoms with Gasteiger partial charge in [0.1, 0.15) is 0 Å². The van der Waals surface area contributed by atoms with Crippen molar-refractivity contribution in [1.29, 1.82) is 5.26 Å². The van der Waals surface area contributed by atoms with Crippen molar-refractivity contribution < 1.29 is 9.13 Å². The maximum Gasteiger partial charge on any atom is 0.177 e. The van der Waals surface area contributed by atoms with Crippen molar-refractivity contribution in [2.45, 2.75) is 38.3 Å². The van der Waals surface area contributed by atoms with E-state index in [1.54, 1.807) is 24.3 Å². The summed E-state index contributed by atoms with van der Waals surface area (Å²) in [6.45, 7) is 3.63. The number of nitriles is 1. The van der Waals surface area contributed by atoms with Gasteiger partial charge >= 0.3 is 0 Å². The fraction of sp³-hybridized carbons (Fsp3) is 0.286. The van der Waals surface area contributed by atoms with Crippen molar-refractivity contribution in [3.63, 3.8) is 0 Å². The second-order valence-electron chi connectivity index (χ2n) is 7.44. The number of ether oxygens (including phenoxy) is 1. The molecule has 148 valence electrons. The Bertz CT molecular complexity index is 1130. The van der Waals surface area contributed by atoms with E-state index in [1.165, 1.54) is 12.1 Å². The number of hydrogen-bond donors (Lipinski definition) is 0. The summed E-state index contributed by atoms with van der Waals surface area (Å²) in [5, 5.41) is 18.5. The Morgan fingerprint density at radius 1 is 1.17 bits per heavy atom. The van der Waals surface area contributed by atoms with E-state index in [4.69, 9.17) is 33.2 Å². The molecular formula is C21H17Cl2FN4O. The smallest absolute Gasteiger partial charge is 0.177 e. The second-order valence-corrected chi connectivity index (χ2v) is 8.29. The summed E-state index contributed by atoms with van der Waals surface area (Å²) < 4.78 is 22.2. The minimum Gasteiger partial charge on any atom is -0.477 e. The van der Waals surface area contributed by atoms with Crippen LogP contribution >= 0.6 is 23.2 Å². The third kappa shape index (κ3) is 3.81. The van der Waals surface area contributed by atoms with Gasteiger partial charge in [0.05, 0.1) is 16.7 Å². The van der Waals surface area contributed by atoms with Crippen LogP contribution < -0.4 is 4.74 Å². The van der Waals surface area contributed by atoms with Crippen LogP contribution in [0.1, 0.15) is 44.1 Å². The molecule has 1 aliphatic rings. The highest BCUT2D eigenvalue weighted by Gasteiger charge is 2.38. The molecule has 0 N–H and O–H groups in total. The molecule has 0 atom stereocenters. The van der Waals surface area contributed by atoms with Gasteiger partial charge < -0.3 is 9.30 Å². The van der Waals surface area contributed by atoms with Crippen molar-refractivity contribution in [2.24, 2.45) is 0 Å². The van der Waals surface area contributed by atoms with E-state index in [0.29, 0.717) is 32.8 Å². The lowest BCUT2D eigenvalue weighted by molar-refractivity contribution is 0.0882. The Kier molecular flexibility index (Phi) is 4.97. The molecule has 3 aromatic rings. The highest BCUT2D eigenvalue weighted by molar-refractivity contribution is 6.33. The first-order valence-corrected chi connectivity index (χ1v) is 9.85. The van der Waals surface area contributed by atoms with Crippen LogP contribution in [-0.4, -0.2) is 14.8 Å². The van der Waals surface area contributed by atoms with E-state index in [1.807, 2.05) is 18.4 Å². The third-order valence-electron chi connectivity index (χ3n) is 4.74. The molecule has 0 spiro atoms. The normalized spacial score (nSPS) is 13.9. The third-order valence-corrected chi connectivity index (χ3v) is 5.29. The van der Waals surface area contributed by atoms with E-state index in [-0.39, 0.29) is 11.8 Å². The summed E-state index contributed by atoms with van der Waals surface area (Å²) in [4.78, 5) is 0. The number of hydrogen-bond acceptors (Lipinski definition) is 4. The fourth-order valence-electron chi connectivity index (χ4n) is 3.21. The minimum atomic E-state index is -0.957. The Morgan fingerprint density at radius 2 is 1.93 bits per heavy atom. The number of halogens is 3. The molecule has 29 heavy (non-hydrogen) atoms. The Morgan fingerprint density at radius 3 is 2.55 bits per heavy atom. The van der Waals surface area contributed by atoms with Gasteiger partial charge in [-0.05, 0) is 63.1 Å². The van der Waals surface area contributed by atoms with Crippen molar-refractivity contribution in [2.75, 3.05) is 0 Å². The molecule has 1 fully saturated rings. The Balaban J connectivity index is 1.76. The van der Waals surface area contributed by atoms with Gasteiger partial charge in [-0.1, -0.05) is 23.2 Å². The van der Waals surface area contributed by atoms with Gasteiger partial charge in [-0.2, -0.15) is 5.26 Å². The fourth-order valence-corrected chi connectivity index (χ4v) is 3.63. The van der Waals surface area contributed by atoms with Crippen LogP contribution in [0.5, 0.6) is 5.75 Å². The van der Waals surface area contributed by atoms with E-state index in [9.17, 15) is 4.39 Å². The lowest BCUT2D eigenvalue weighted by Crippen LogP contribution is -2.30. The van der Waals surface area contributed by atoms with Gasteiger partial charge in [-0.15, -0.1) is 10.2 Å². The standard InChI is InChI=1S/C21H17Cl2FN4O/c1-21(2,29-18-8-4-13(22)10-17(18)24)20-27-26-19(28(20)14-5-6-14)15-7-3-12(11-25)9-16(15)23/h3-4,7-10,14H,5-6H2,1-2H3. The van der Waals surface area contributed by atoms with Crippen molar-refractivity contribution in [3.05, 3.63) is 63.6 Å². The SMILES string of the molecule is CC(C)(Oc1ccc(Cl)cc1F)c1nnc(-c2ccc(C#N)cc2Cl)n1C1CC1. The zero-order valence-corrected chi connectivity index (χ0v) is 17.3. The molecule has 0 aliphatic heterocycles. The number of nitrogens with zero attached hydrogens (tertiary/aromatic N) is 4. The molecule has 8 heteroatoms. The van der Waals surface area contributed by atoms with E-state index < -0.39 is 11.4 Å². The van der Waals surface area contributed by atoms with Gasteiger partial charge in [-0.3, -0.25) is 0 Å². The first kappa shape index (κ1) is 19.7. The first-order chi connectivity index (χ1) is 13.8. The molecule has 0 unspecified atom stereocenters. The Labute approximate surface area is 177 Å². The van der Waals surface area contributed by atoms with Crippen LogP contribution in [-0.2, 0) is 5.60 Å². The quantitative estimate of drug-likeness (QED) is 0.504. The van der Waals surface area contributed by atoms with Gasteiger partial charge in [0.25, 0.3) is 0 Å². The van der Waals surface area contributed by atoms with Crippen LogP contribution in [0.2, 0.25) is 10.0 Å². The highest BCUT2D eigenvalue weighted by atomic mass is 35.5. The van der Waals surface area contributed by atoms with Crippen LogP contribution in [0.4, 0.5) is 4.39 Å². The Hall–Kier alpha value is -2.62. The lowest BCUT2D eigenvalue weighted by atomic mass is 10.1. The van der Waals surface area contributed by atoms with Crippen LogP contribution in [0.15, 0.2) is 36.4 Å². The molecule has 0 amide bonds. The summed E-state index contributed by atoms with van der Waals surface area (Å²) in [6, 6.07) is 11.6. The monoisotopic (exact) mass is 430 g/mol. The topological polar surface area (TPSA) is 63.7 Å². The molecule has 1 heterocycles. The predicted octanol–water partition coefficient (Wildman–Crippen LogP) is 5.91. The first-order valence-electron chi connectivity index (χ1n) is 9.09. The second kappa shape index (κ2) is 7.33. The number of benzene rings is 2. The van der Waals surface area contributed by atoms with Crippen molar-refractivity contribution in [3.8, 4) is 23.2 Å². The molecule has 1 saturated carbocycles. The molecular weight excluding hydrogens is 414 g/mol. The van der Waals surface area contributed by atoms with Crippen LogP contribution in [0.3, 0.4) is 0 Å². The molecule has 1 aliphatic carbocycles. The largest absolute Gasteiger partial charge is 0.477 e. The molecule has 0 bridgehead atoms. The van der Waals surface area contributed by atoms with E-state index >= 15 is 0 Å². The van der Waals surface area contributed by atoms with Gasteiger partial charge in [0, 0.05) is 16.6 Å². The zero-order chi connectivity index (χ0) is 20.8. The molecule has 0 radical (unpaired) electrons. The summed E-state index contributed by atoms with van der Waals surface area (Å²) in [5.41, 5.74) is 0.199. The van der Waals surface area contributed by atoms with E-state index in [2.05, 4.69) is 16.3 Å². The maximum absolute atomic E-state index is 14.3. The average molecular weight is 431 g/mol.